The third kappa shape index (κ3) is 3.94. The first-order valence-corrected chi connectivity index (χ1v) is 8.67. The molecule has 1 aromatic heterocycles. The number of benzene rings is 2. The number of nitrogens with one attached hydrogen (secondary N) is 1. The van der Waals surface area contributed by atoms with Crippen molar-refractivity contribution in [1.29, 1.82) is 0 Å². The van der Waals surface area contributed by atoms with E-state index in [1.807, 2.05) is 0 Å². The first kappa shape index (κ1) is 19.6. The summed E-state index contributed by atoms with van der Waals surface area (Å²) in [5, 5.41) is 0.200. The van der Waals surface area contributed by atoms with E-state index >= 15 is 0 Å². The maximum atomic E-state index is 14.3. The Labute approximate surface area is 157 Å². The normalized spacial score (nSPS) is 12.1. The van der Waals surface area contributed by atoms with Gasteiger partial charge in [0.2, 0.25) is 0 Å². The van der Waals surface area contributed by atoms with Crippen molar-refractivity contribution in [1.82, 2.24) is 4.98 Å². The number of aromatic nitrogens is 1. The van der Waals surface area contributed by atoms with E-state index < -0.39 is 23.4 Å². The van der Waals surface area contributed by atoms with Crippen LogP contribution in [0.3, 0.4) is 0 Å². The monoisotopic (exact) mass is 402 g/mol. The Bertz CT molecular complexity index is 978. The zero-order valence-electron chi connectivity index (χ0n) is 14.1. The first-order chi connectivity index (χ1) is 12.7. The molecule has 0 bridgehead atoms. The average molecular weight is 403 g/mol. The summed E-state index contributed by atoms with van der Waals surface area (Å²) in [5.41, 5.74) is 5.08. The van der Waals surface area contributed by atoms with Gasteiger partial charge in [0.15, 0.2) is 0 Å². The van der Waals surface area contributed by atoms with Gasteiger partial charge in [-0.1, -0.05) is 11.6 Å². The van der Waals surface area contributed by atoms with Gasteiger partial charge < -0.3 is 10.7 Å². The smallest absolute Gasteiger partial charge is 0.354 e. The molecule has 0 aliphatic heterocycles. The number of alkyl halides is 3. The molecule has 3 N–H and O–H groups in total. The van der Waals surface area contributed by atoms with Gasteiger partial charge in [-0.05, 0) is 55.6 Å². The highest BCUT2D eigenvalue weighted by Gasteiger charge is 2.35. The van der Waals surface area contributed by atoms with Crippen LogP contribution in [0.4, 0.5) is 22.0 Å². The van der Waals surface area contributed by atoms with Crippen molar-refractivity contribution in [2.75, 3.05) is 6.54 Å². The standard InChI is InChI=1S/C19H16ClF5N2/c20-10-7-14-12(3-1-2-6-26)17(13-5-4-11(21)9-16(13)22)27-18(14)15(8-10)19(23,24)25/h4-5,7-9,27H,1-3,6,26H2. The van der Waals surface area contributed by atoms with Gasteiger partial charge in [-0.2, -0.15) is 13.2 Å². The summed E-state index contributed by atoms with van der Waals surface area (Å²) in [6.45, 7) is 0.428. The predicted octanol–water partition coefficient (Wildman–Crippen LogP) is 6.07. The van der Waals surface area contributed by atoms with Crippen LogP contribution in [-0.2, 0) is 12.6 Å². The minimum absolute atomic E-state index is 0.000375. The summed E-state index contributed by atoms with van der Waals surface area (Å²) >= 11 is 5.91. The minimum Gasteiger partial charge on any atom is -0.354 e. The van der Waals surface area contributed by atoms with E-state index in [1.165, 1.54) is 12.1 Å². The molecule has 0 fully saturated rings. The van der Waals surface area contributed by atoms with Gasteiger partial charge in [-0.25, -0.2) is 8.78 Å². The molecule has 1 heterocycles. The first-order valence-electron chi connectivity index (χ1n) is 8.29. The van der Waals surface area contributed by atoms with Crippen LogP contribution in [0, 0.1) is 11.6 Å². The Balaban J connectivity index is 2.29. The zero-order chi connectivity index (χ0) is 19.8. The average Bonchev–Trinajstić information content (AvgIpc) is 2.92. The van der Waals surface area contributed by atoms with Crippen molar-refractivity contribution in [3.63, 3.8) is 0 Å². The summed E-state index contributed by atoms with van der Waals surface area (Å²) < 4.78 is 68.0. The van der Waals surface area contributed by atoms with Crippen molar-refractivity contribution in [2.45, 2.75) is 25.4 Å². The molecule has 3 rings (SSSR count). The van der Waals surface area contributed by atoms with E-state index in [-0.39, 0.29) is 27.2 Å². The van der Waals surface area contributed by atoms with Crippen LogP contribution in [0.1, 0.15) is 24.0 Å². The largest absolute Gasteiger partial charge is 0.418 e. The Kier molecular flexibility index (Phi) is 5.44. The molecule has 0 spiro atoms. The second kappa shape index (κ2) is 7.48. The summed E-state index contributed by atoms with van der Waals surface area (Å²) in [6, 6.07) is 5.21. The Morgan fingerprint density at radius 2 is 1.78 bits per heavy atom. The van der Waals surface area contributed by atoms with Gasteiger partial charge in [0.05, 0.1) is 16.8 Å². The maximum absolute atomic E-state index is 14.3. The van der Waals surface area contributed by atoms with Crippen LogP contribution in [0.5, 0.6) is 0 Å². The number of hydrogen-bond donors (Lipinski definition) is 2. The van der Waals surface area contributed by atoms with Gasteiger partial charge >= 0.3 is 6.18 Å². The summed E-state index contributed by atoms with van der Waals surface area (Å²) in [6.07, 6.45) is -3.00. The van der Waals surface area contributed by atoms with Gasteiger partial charge in [-0.3, -0.25) is 0 Å². The fraction of sp³-hybridized carbons (Fsp3) is 0.263. The predicted molar refractivity (Wildman–Crippen MR) is 95.7 cm³/mol. The van der Waals surface area contributed by atoms with E-state index in [0.29, 0.717) is 37.4 Å². The van der Waals surface area contributed by atoms with Crippen LogP contribution in [0.2, 0.25) is 5.02 Å². The molecule has 144 valence electrons. The quantitative estimate of drug-likeness (QED) is 0.395. The third-order valence-corrected chi connectivity index (χ3v) is 4.59. The molecule has 0 saturated heterocycles. The van der Waals surface area contributed by atoms with Crippen LogP contribution in [0.25, 0.3) is 22.2 Å². The summed E-state index contributed by atoms with van der Waals surface area (Å²) in [5.74, 6) is -1.63. The lowest BCUT2D eigenvalue weighted by Crippen LogP contribution is -2.05. The van der Waals surface area contributed by atoms with Crippen LogP contribution >= 0.6 is 11.6 Å². The molecular formula is C19H16ClF5N2. The lowest BCUT2D eigenvalue weighted by Gasteiger charge is -2.09. The van der Waals surface area contributed by atoms with Crippen molar-refractivity contribution in [3.05, 3.63) is 58.1 Å². The summed E-state index contributed by atoms with van der Waals surface area (Å²) in [7, 11) is 0. The highest BCUT2D eigenvalue weighted by Crippen LogP contribution is 2.41. The molecule has 0 unspecified atom stereocenters. The second-order valence-corrected chi connectivity index (χ2v) is 6.66. The molecule has 0 radical (unpaired) electrons. The Hall–Kier alpha value is -2.12. The van der Waals surface area contributed by atoms with E-state index in [2.05, 4.69) is 4.98 Å². The fourth-order valence-electron chi connectivity index (χ4n) is 3.17. The number of rotatable bonds is 5. The minimum atomic E-state index is -4.64. The number of aryl methyl sites for hydroxylation is 1. The number of nitrogens with two attached hydrogens (primary N) is 1. The van der Waals surface area contributed by atoms with Gasteiger partial charge in [0.25, 0.3) is 0 Å². The Morgan fingerprint density at radius 3 is 2.41 bits per heavy atom. The number of fused-ring (bicyclic) bond motifs is 1. The van der Waals surface area contributed by atoms with Gasteiger partial charge in [0.1, 0.15) is 11.6 Å². The van der Waals surface area contributed by atoms with E-state index in [0.717, 1.165) is 12.1 Å². The Morgan fingerprint density at radius 1 is 1.04 bits per heavy atom. The maximum Gasteiger partial charge on any atom is 0.418 e. The van der Waals surface area contributed by atoms with E-state index in [1.54, 1.807) is 0 Å². The fourth-order valence-corrected chi connectivity index (χ4v) is 3.38. The van der Waals surface area contributed by atoms with E-state index in [9.17, 15) is 22.0 Å². The van der Waals surface area contributed by atoms with Crippen molar-refractivity contribution >= 4 is 22.5 Å². The number of halogens is 6. The number of unbranched alkanes of at least 4 members (excludes halogenated alkanes) is 1. The molecule has 0 saturated carbocycles. The molecule has 0 atom stereocenters. The molecule has 8 heteroatoms. The molecule has 2 nitrogen and oxygen atoms in total. The van der Waals surface area contributed by atoms with Crippen LogP contribution in [0.15, 0.2) is 30.3 Å². The summed E-state index contributed by atoms with van der Waals surface area (Å²) in [4.78, 5) is 2.70. The van der Waals surface area contributed by atoms with Crippen molar-refractivity contribution in [2.24, 2.45) is 5.73 Å². The van der Waals surface area contributed by atoms with Crippen molar-refractivity contribution < 1.29 is 22.0 Å². The molecule has 0 aliphatic rings. The lowest BCUT2D eigenvalue weighted by atomic mass is 9.99. The topological polar surface area (TPSA) is 41.8 Å². The SMILES string of the molecule is NCCCCc1c(-c2ccc(F)cc2F)[nH]c2c(C(F)(F)F)cc(Cl)cc12. The second-order valence-electron chi connectivity index (χ2n) is 6.22. The third-order valence-electron chi connectivity index (χ3n) is 4.37. The van der Waals surface area contributed by atoms with Gasteiger partial charge in [0, 0.05) is 22.0 Å². The highest BCUT2D eigenvalue weighted by atomic mass is 35.5. The molecule has 3 aromatic rings. The molecule has 0 aliphatic carbocycles. The molecule has 27 heavy (non-hydrogen) atoms. The number of H-pyrrole nitrogens is 1. The molecule has 2 aromatic carbocycles. The number of hydrogen-bond acceptors (Lipinski definition) is 1. The zero-order valence-corrected chi connectivity index (χ0v) is 14.8. The van der Waals surface area contributed by atoms with E-state index in [4.69, 9.17) is 17.3 Å². The molecular weight excluding hydrogens is 387 g/mol. The van der Waals surface area contributed by atoms with Crippen LogP contribution in [-0.4, -0.2) is 11.5 Å². The van der Waals surface area contributed by atoms with Gasteiger partial charge in [-0.15, -0.1) is 0 Å². The van der Waals surface area contributed by atoms with Crippen LogP contribution < -0.4 is 5.73 Å². The highest BCUT2D eigenvalue weighted by molar-refractivity contribution is 6.31. The lowest BCUT2D eigenvalue weighted by molar-refractivity contribution is -0.136. The molecule has 0 amide bonds. The van der Waals surface area contributed by atoms with Crippen molar-refractivity contribution in [3.8, 4) is 11.3 Å². The number of aromatic amines is 1.